The molecule has 1 aromatic carbocycles. The number of carbonyl (C=O) groups is 1. The van der Waals surface area contributed by atoms with Crippen LogP contribution in [0.3, 0.4) is 0 Å². The first-order valence-electron chi connectivity index (χ1n) is 10.4. The molecule has 2 aromatic rings. The fraction of sp³-hybridized carbons (Fsp3) is 0.545. The van der Waals surface area contributed by atoms with Crippen LogP contribution in [-0.2, 0) is 6.42 Å². The molecule has 1 unspecified atom stereocenters. The van der Waals surface area contributed by atoms with Gasteiger partial charge in [0, 0.05) is 25.8 Å². The van der Waals surface area contributed by atoms with Crippen molar-refractivity contribution in [1.29, 1.82) is 0 Å². The molecule has 2 aliphatic rings. The Morgan fingerprint density at radius 2 is 1.93 bits per heavy atom. The van der Waals surface area contributed by atoms with Crippen molar-refractivity contribution in [3.63, 3.8) is 0 Å². The molecule has 6 nitrogen and oxygen atoms in total. The minimum Gasteiger partial charge on any atom is -0.497 e. The highest BCUT2D eigenvalue weighted by molar-refractivity contribution is 5.92. The van der Waals surface area contributed by atoms with Gasteiger partial charge in [0.15, 0.2) is 0 Å². The summed E-state index contributed by atoms with van der Waals surface area (Å²) in [5, 5.41) is 7.99. The zero-order valence-electron chi connectivity index (χ0n) is 17.0. The van der Waals surface area contributed by atoms with E-state index in [0.29, 0.717) is 17.7 Å². The van der Waals surface area contributed by atoms with Crippen molar-refractivity contribution in [2.24, 2.45) is 5.92 Å². The minimum absolute atomic E-state index is 0. The van der Waals surface area contributed by atoms with E-state index >= 15 is 0 Å². The number of methoxy groups -OCH3 is 1. The van der Waals surface area contributed by atoms with Gasteiger partial charge in [0.2, 0.25) is 0 Å². The zero-order valence-corrected chi connectivity index (χ0v) is 17.9. The highest BCUT2D eigenvalue weighted by atomic mass is 35.5. The van der Waals surface area contributed by atoms with Gasteiger partial charge in [-0.15, -0.1) is 12.4 Å². The van der Waals surface area contributed by atoms with E-state index in [1.165, 1.54) is 5.56 Å². The molecule has 7 heteroatoms. The van der Waals surface area contributed by atoms with Crippen LogP contribution in [0.25, 0.3) is 0 Å². The number of amides is 1. The lowest BCUT2D eigenvalue weighted by Crippen LogP contribution is -2.39. The second-order valence-electron chi connectivity index (χ2n) is 7.97. The van der Waals surface area contributed by atoms with Gasteiger partial charge in [0.1, 0.15) is 11.4 Å². The molecule has 2 saturated heterocycles. The maximum atomic E-state index is 12.9. The van der Waals surface area contributed by atoms with E-state index in [9.17, 15) is 4.79 Å². The summed E-state index contributed by atoms with van der Waals surface area (Å²) in [7, 11) is 1.69. The molecule has 1 N–H and O–H groups in total. The van der Waals surface area contributed by atoms with Gasteiger partial charge in [0.25, 0.3) is 5.91 Å². The topological polar surface area (TPSA) is 59.4 Å². The van der Waals surface area contributed by atoms with Crippen LogP contribution in [0.4, 0.5) is 0 Å². The van der Waals surface area contributed by atoms with Gasteiger partial charge in [-0.3, -0.25) is 9.48 Å². The number of hydrogen-bond donors (Lipinski definition) is 1. The van der Waals surface area contributed by atoms with Crippen molar-refractivity contribution in [1.82, 2.24) is 20.0 Å². The maximum Gasteiger partial charge on any atom is 0.274 e. The van der Waals surface area contributed by atoms with E-state index in [2.05, 4.69) is 22.5 Å². The highest BCUT2D eigenvalue weighted by Crippen LogP contribution is 2.24. The van der Waals surface area contributed by atoms with Crippen molar-refractivity contribution in [3.8, 4) is 5.75 Å². The summed E-state index contributed by atoms with van der Waals surface area (Å²) in [6.45, 7) is 3.65. The van der Waals surface area contributed by atoms with Gasteiger partial charge in [-0.05, 0) is 68.3 Å². The molecule has 29 heavy (non-hydrogen) atoms. The third-order valence-corrected chi connectivity index (χ3v) is 6.06. The summed E-state index contributed by atoms with van der Waals surface area (Å²) < 4.78 is 7.19. The lowest BCUT2D eigenvalue weighted by Gasteiger charge is -2.31. The number of likely N-dealkylation sites (tertiary alicyclic amines) is 1. The molecule has 0 saturated carbocycles. The summed E-state index contributed by atoms with van der Waals surface area (Å²) in [6, 6.07) is 10.6. The number of halogens is 1. The lowest BCUT2D eigenvalue weighted by molar-refractivity contribution is 0.0683. The Balaban J connectivity index is 0.00000240. The Hall–Kier alpha value is -2.05. The van der Waals surface area contributed by atoms with Crippen molar-refractivity contribution in [2.45, 2.75) is 38.1 Å². The van der Waals surface area contributed by atoms with Crippen LogP contribution in [0.15, 0.2) is 36.5 Å². The SMILES string of the molecule is COc1ccc(CC2CCN(C(=O)c3ccn(C4CCCNC4)n3)CC2)cc1.Cl. The first-order valence-corrected chi connectivity index (χ1v) is 10.4. The number of benzene rings is 1. The van der Waals surface area contributed by atoms with Crippen LogP contribution in [0.1, 0.15) is 47.8 Å². The van der Waals surface area contributed by atoms with E-state index in [1.807, 2.05) is 34.0 Å². The number of ether oxygens (including phenoxy) is 1. The molecule has 0 spiro atoms. The Morgan fingerprint density at radius 1 is 1.17 bits per heavy atom. The zero-order chi connectivity index (χ0) is 19.3. The van der Waals surface area contributed by atoms with Crippen LogP contribution in [0.2, 0.25) is 0 Å². The second kappa shape index (κ2) is 10.1. The molecule has 1 amide bonds. The lowest BCUT2D eigenvalue weighted by atomic mass is 9.90. The summed E-state index contributed by atoms with van der Waals surface area (Å²) >= 11 is 0. The first kappa shape index (κ1) is 21.7. The van der Waals surface area contributed by atoms with Crippen molar-refractivity contribution < 1.29 is 9.53 Å². The molecule has 4 rings (SSSR count). The smallest absolute Gasteiger partial charge is 0.274 e. The third kappa shape index (κ3) is 5.31. The van der Waals surface area contributed by atoms with Gasteiger partial charge in [-0.2, -0.15) is 5.10 Å². The number of hydrogen-bond acceptors (Lipinski definition) is 4. The second-order valence-corrected chi connectivity index (χ2v) is 7.97. The fourth-order valence-corrected chi connectivity index (χ4v) is 4.31. The van der Waals surface area contributed by atoms with Crippen molar-refractivity contribution in [3.05, 3.63) is 47.8 Å². The summed E-state index contributed by atoms with van der Waals surface area (Å²) in [5.74, 6) is 1.60. The molecule has 158 valence electrons. The number of nitrogens with one attached hydrogen (secondary N) is 1. The summed E-state index contributed by atoms with van der Waals surface area (Å²) in [6.07, 6.45) is 7.40. The number of carbonyl (C=O) groups excluding carboxylic acids is 1. The maximum absolute atomic E-state index is 12.9. The number of nitrogens with zero attached hydrogens (tertiary/aromatic N) is 3. The van der Waals surface area contributed by atoms with Gasteiger partial charge >= 0.3 is 0 Å². The Bertz CT molecular complexity index is 778. The van der Waals surface area contributed by atoms with E-state index in [1.54, 1.807) is 7.11 Å². The quantitative estimate of drug-likeness (QED) is 0.809. The molecular formula is C22H31ClN4O2. The van der Waals surface area contributed by atoms with Gasteiger partial charge < -0.3 is 15.0 Å². The monoisotopic (exact) mass is 418 g/mol. The Kier molecular flexibility index (Phi) is 7.56. The summed E-state index contributed by atoms with van der Waals surface area (Å²) in [5.41, 5.74) is 1.92. The number of rotatable bonds is 5. The normalized spacial score (nSPS) is 20.2. The number of aromatic nitrogens is 2. The molecule has 0 bridgehead atoms. The van der Waals surface area contributed by atoms with Crippen molar-refractivity contribution >= 4 is 18.3 Å². The van der Waals surface area contributed by atoms with Crippen LogP contribution >= 0.6 is 12.4 Å². The molecule has 0 radical (unpaired) electrons. The average Bonchev–Trinajstić information content (AvgIpc) is 3.25. The standard InChI is InChI=1S/C22H30N4O2.ClH/c1-28-20-6-4-17(5-7-20)15-18-8-12-25(13-9-18)22(27)21-10-14-26(24-21)19-3-2-11-23-16-19;/h4-7,10,14,18-19,23H,2-3,8-9,11-13,15-16H2,1H3;1H. The van der Waals surface area contributed by atoms with Gasteiger partial charge in [0.05, 0.1) is 13.2 Å². The predicted molar refractivity (Wildman–Crippen MR) is 116 cm³/mol. The fourth-order valence-electron chi connectivity index (χ4n) is 4.31. The predicted octanol–water partition coefficient (Wildman–Crippen LogP) is 3.33. The third-order valence-electron chi connectivity index (χ3n) is 6.06. The minimum atomic E-state index is 0. The Labute approximate surface area is 179 Å². The Morgan fingerprint density at radius 3 is 2.59 bits per heavy atom. The van der Waals surface area contributed by atoms with E-state index < -0.39 is 0 Å². The number of piperidine rings is 2. The molecule has 2 fully saturated rings. The van der Waals surface area contributed by atoms with Crippen LogP contribution in [0.5, 0.6) is 5.75 Å². The van der Waals surface area contributed by atoms with E-state index in [0.717, 1.165) is 64.0 Å². The van der Waals surface area contributed by atoms with Gasteiger partial charge in [-0.1, -0.05) is 12.1 Å². The molecule has 1 atom stereocenters. The summed E-state index contributed by atoms with van der Waals surface area (Å²) in [4.78, 5) is 14.8. The average molecular weight is 419 g/mol. The first-order chi connectivity index (χ1) is 13.7. The highest BCUT2D eigenvalue weighted by Gasteiger charge is 2.26. The molecule has 1 aromatic heterocycles. The van der Waals surface area contributed by atoms with E-state index in [4.69, 9.17) is 4.74 Å². The largest absolute Gasteiger partial charge is 0.497 e. The van der Waals surface area contributed by atoms with Gasteiger partial charge in [-0.25, -0.2) is 0 Å². The molecular weight excluding hydrogens is 388 g/mol. The van der Waals surface area contributed by atoms with Crippen LogP contribution in [0, 0.1) is 5.92 Å². The van der Waals surface area contributed by atoms with Crippen molar-refractivity contribution in [2.75, 3.05) is 33.3 Å². The van der Waals surface area contributed by atoms with Crippen LogP contribution < -0.4 is 10.1 Å². The van der Waals surface area contributed by atoms with E-state index in [-0.39, 0.29) is 18.3 Å². The molecule has 2 aliphatic heterocycles. The molecule has 3 heterocycles. The van der Waals surface area contributed by atoms with Crippen LogP contribution in [-0.4, -0.2) is 53.9 Å². The molecule has 0 aliphatic carbocycles.